The summed E-state index contributed by atoms with van der Waals surface area (Å²) in [6.45, 7) is -0.510. The minimum absolute atomic E-state index is 0.116. The highest BCUT2D eigenvalue weighted by molar-refractivity contribution is 6.05. The lowest BCUT2D eigenvalue weighted by atomic mass is 10.1. The van der Waals surface area contributed by atoms with Crippen LogP contribution in [0.15, 0.2) is 76.0 Å². The molecule has 3 heterocycles. The summed E-state index contributed by atoms with van der Waals surface area (Å²) in [5, 5.41) is 5.11. The van der Waals surface area contributed by atoms with Crippen molar-refractivity contribution in [3.05, 3.63) is 78.4 Å². The van der Waals surface area contributed by atoms with Crippen molar-refractivity contribution in [1.29, 1.82) is 0 Å². The molecule has 156 valence electrons. The molecule has 3 amide bonds. The Bertz CT molecular complexity index is 1220. The van der Waals surface area contributed by atoms with E-state index in [2.05, 4.69) is 15.6 Å². The largest absolute Gasteiger partial charge is 0.467 e. The van der Waals surface area contributed by atoms with E-state index in [0.29, 0.717) is 28.1 Å². The van der Waals surface area contributed by atoms with Crippen LogP contribution < -0.4 is 10.6 Å². The molecule has 0 unspecified atom stereocenters. The first kappa shape index (κ1) is 19.9. The van der Waals surface area contributed by atoms with E-state index in [1.807, 2.05) is 0 Å². The number of esters is 1. The van der Waals surface area contributed by atoms with Crippen molar-refractivity contribution >= 4 is 28.8 Å². The molecule has 0 spiro atoms. The highest BCUT2D eigenvalue weighted by atomic mass is 16.5. The first-order valence-electron chi connectivity index (χ1n) is 9.31. The van der Waals surface area contributed by atoms with Crippen LogP contribution in [0.4, 0.5) is 4.79 Å². The molecule has 0 saturated carbocycles. The van der Waals surface area contributed by atoms with Gasteiger partial charge in [0.15, 0.2) is 12.4 Å². The SMILES string of the molecule is O=C(COC(=O)c1cc(-c2ccco2)nc2ccccc12)NC(=O)NCc1ccco1. The third kappa shape index (κ3) is 4.78. The predicted molar refractivity (Wildman–Crippen MR) is 109 cm³/mol. The number of fused-ring (bicyclic) bond motifs is 1. The summed E-state index contributed by atoms with van der Waals surface area (Å²) in [6, 6.07) is 14.7. The summed E-state index contributed by atoms with van der Waals surface area (Å²) in [5.74, 6) is -0.468. The van der Waals surface area contributed by atoms with Crippen molar-refractivity contribution in [3.8, 4) is 11.5 Å². The number of ether oxygens (including phenoxy) is 1. The third-order valence-corrected chi connectivity index (χ3v) is 4.30. The van der Waals surface area contributed by atoms with E-state index in [1.54, 1.807) is 48.5 Å². The summed E-state index contributed by atoms with van der Waals surface area (Å²) >= 11 is 0. The van der Waals surface area contributed by atoms with Gasteiger partial charge in [0.2, 0.25) is 0 Å². The number of urea groups is 1. The van der Waals surface area contributed by atoms with Crippen molar-refractivity contribution in [2.75, 3.05) is 6.61 Å². The second-order valence-corrected chi connectivity index (χ2v) is 6.44. The zero-order chi connectivity index (χ0) is 21.6. The van der Waals surface area contributed by atoms with Crippen molar-refractivity contribution in [2.24, 2.45) is 0 Å². The Morgan fingerprint density at radius 3 is 2.55 bits per heavy atom. The lowest BCUT2D eigenvalue weighted by molar-refractivity contribution is -0.123. The minimum Gasteiger partial charge on any atom is -0.467 e. The van der Waals surface area contributed by atoms with E-state index in [4.69, 9.17) is 13.6 Å². The predicted octanol–water partition coefficient (Wildman–Crippen LogP) is 3.27. The number of rotatable bonds is 6. The van der Waals surface area contributed by atoms with E-state index in [-0.39, 0.29) is 12.1 Å². The Balaban J connectivity index is 1.41. The van der Waals surface area contributed by atoms with Crippen LogP contribution in [-0.2, 0) is 16.1 Å². The van der Waals surface area contributed by atoms with Crippen LogP contribution in [0, 0.1) is 0 Å². The maximum atomic E-state index is 12.7. The average molecular weight is 419 g/mol. The molecule has 0 aliphatic carbocycles. The maximum absolute atomic E-state index is 12.7. The molecule has 0 bridgehead atoms. The third-order valence-electron chi connectivity index (χ3n) is 4.30. The molecule has 2 N–H and O–H groups in total. The van der Waals surface area contributed by atoms with Crippen LogP contribution in [0.2, 0.25) is 0 Å². The lowest BCUT2D eigenvalue weighted by Crippen LogP contribution is -2.41. The van der Waals surface area contributed by atoms with Gasteiger partial charge >= 0.3 is 12.0 Å². The molecule has 1 aromatic carbocycles. The molecule has 0 fully saturated rings. The first-order chi connectivity index (χ1) is 15.1. The number of aromatic nitrogens is 1. The number of amides is 3. The molecule has 9 nitrogen and oxygen atoms in total. The molecule has 31 heavy (non-hydrogen) atoms. The van der Waals surface area contributed by atoms with Gasteiger partial charge in [-0.05, 0) is 36.4 Å². The Hall–Kier alpha value is -4.40. The van der Waals surface area contributed by atoms with E-state index >= 15 is 0 Å². The molecule has 0 radical (unpaired) electrons. The van der Waals surface area contributed by atoms with Gasteiger partial charge < -0.3 is 18.9 Å². The summed E-state index contributed by atoms with van der Waals surface area (Å²) in [7, 11) is 0. The van der Waals surface area contributed by atoms with Gasteiger partial charge in [-0.3, -0.25) is 10.1 Å². The van der Waals surface area contributed by atoms with Crippen LogP contribution in [0.3, 0.4) is 0 Å². The monoisotopic (exact) mass is 419 g/mol. The molecular formula is C22H17N3O6. The number of carbonyl (C=O) groups excluding carboxylic acids is 3. The number of pyridine rings is 1. The Morgan fingerprint density at radius 2 is 1.77 bits per heavy atom. The van der Waals surface area contributed by atoms with Crippen LogP contribution in [-0.4, -0.2) is 29.5 Å². The number of imide groups is 1. The summed E-state index contributed by atoms with van der Waals surface area (Å²) in [5.41, 5.74) is 1.26. The zero-order valence-electron chi connectivity index (χ0n) is 16.2. The lowest BCUT2D eigenvalue weighted by Gasteiger charge is -2.09. The molecule has 4 aromatic rings. The Morgan fingerprint density at radius 1 is 0.968 bits per heavy atom. The molecule has 4 rings (SSSR count). The van der Waals surface area contributed by atoms with Gasteiger partial charge in [0.25, 0.3) is 5.91 Å². The Kier molecular flexibility index (Phi) is 5.75. The van der Waals surface area contributed by atoms with Crippen molar-refractivity contribution in [3.63, 3.8) is 0 Å². The number of carbonyl (C=O) groups is 3. The number of para-hydroxylation sites is 1. The van der Waals surface area contributed by atoms with Crippen LogP contribution in [0.5, 0.6) is 0 Å². The van der Waals surface area contributed by atoms with E-state index in [9.17, 15) is 14.4 Å². The number of hydrogen-bond donors (Lipinski definition) is 2. The smallest absolute Gasteiger partial charge is 0.339 e. The van der Waals surface area contributed by atoms with E-state index in [0.717, 1.165) is 0 Å². The molecule has 9 heteroatoms. The average Bonchev–Trinajstić information content (AvgIpc) is 3.49. The topological polar surface area (TPSA) is 124 Å². The van der Waals surface area contributed by atoms with Gasteiger partial charge in [-0.2, -0.15) is 0 Å². The highest BCUT2D eigenvalue weighted by Gasteiger charge is 2.18. The minimum atomic E-state index is -0.769. The summed E-state index contributed by atoms with van der Waals surface area (Å²) < 4.78 is 15.6. The maximum Gasteiger partial charge on any atom is 0.339 e. The standard InChI is InChI=1S/C22H17N3O6/c26-20(25-22(28)23-12-14-5-3-9-29-14)13-31-21(27)16-11-18(19-8-4-10-30-19)24-17-7-2-1-6-15(16)17/h1-11H,12-13H2,(H2,23,25,26,28). The number of benzene rings is 1. The zero-order valence-corrected chi connectivity index (χ0v) is 16.2. The number of nitrogens with zero attached hydrogens (tertiary/aromatic N) is 1. The normalized spacial score (nSPS) is 10.6. The second kappa shape index (κ2) is 8.95. The van der Waals surface area contributed by atoms with Gasteiger partial charge in [0.05, 0.1) is 30.2 Å². The van der Waals surface area contributed by atoms with Gasteiger partial charge in [-0.25, -0.2) is 14.6 Å². The number of hydrogen-bond acceptors (Lipinski definition) is 7. The summed E-state index contributed by atoms with van der Waals surface area (Å²) in [6.07, 6.45) is 2.98. The fourth-order valence-corrected chi connectivity index (χ4v) is 2.89. The number of nitrogens with one attached hydrogen (secondary N) is 2. The molecule has 0 saturated heterocycles. The van der Waals surface area contributed by atoms with Crippen LogP contribution in [0.1, 0.15) is 16.1 Å². The molecule has 0 atom stereocenters. The van der Waals surface area contributed by atoms with Crippen LogP contribution in [0.25, 0.3) is 22.4 Å². The second-order valence-electron chi connectivity index (χ2n) is 6.44. The van der Waals surface area contributed by atoms with Gasteiger partial charge in [-0.15, -0.1) is 0 Å². The number of furan rings is 2. The van der Waals surface area contributed by atoms with Crippen molar-refractivity contribution in [1.82, 2.24) is 15.6 Å². The van der Waals surface area contributed by atoms with E-state index in [1.165, 1.54) is 18.6 Å². The molecule has 0 aliphatic heterocycles. The van der Waals surface area contributed by atoms with Crippen molar-refractivity contribution < 1.29 is 28.0 Å². The fourth-order valence-electron chi connectivity index (χ4n) is 2.89. The first-order valence-corrected chi connectivity index (χ1v) is 9.31. The van der Waals surface area contributed by atoms with Gasteiger partial charge in [0, 0.05) is 5.39 Å². The quantitative estimate of drug-likeness (QED) is 0.460. The van der Waals surface area contributed by atoms with Gasteiger partial charge in [-0.1, -0.05) is 18.2 Å². The molecule has 0 aliphatic rings. The molecular weight excluding hydrogens is 402 g/mol. The van der Waals surface area contributed by atoms with Gasteiger partial charge in [0.1, 0.15) is 11.5 Å². The highest BCUT2D eigenvalue weighted by Crippen LogP contribution is 2.25. The van der Waals surface area contributed by atoms with Crippen molar-refractivity contribution in [2.45, 2.75) is 6.54 Å². The Labute approximate surface area is 176 Å². The summed E-state index contributed by atoms with van der Waals surface area (Å²) in [4.78, 5) is 40.9. The van der Waals surface area contributed by atoms with Crippen LogP contribution >= 0.6 is 0 Å². The molecule has 3 aromatic heterocycles. The van der Waals surface area contributed by atoms with E-state index < -0.39 is 24.5 Å². The fraction of sp³-hybridized carbons (Fsp3) is 0.0909.